The van der Waals surface area contributed by atoms with Gasteiger partial charge < -0.3 is 33.8 Å². The van der Waals surface area contributed by atoms with Crippen molar-refractivity contribution in [2.75, 3.05) is 39.6 Å². The Morgan fingerprint density at radius 1 is 0.262 bits per heavy atom. The lowest BCUT2D eigenvalue weighted by molar-refractivity contribution is -0.161. The third-order valence-corrected chi connectivity index (χ3v) is 21.7. The van der Waals surface area contributed by atoms with Gasteiger partial charge in [0.05, 0.1) is 26.4 Å². The van der Waals surface area contributed by atoms with Gasteiger partial charge in [-0.1, -0.05) is 401 Å². The van der Waals surface area contributed by atoms with Crippen LogP contribution in [0.2, 0.25) is 0 Å². The van der Waals surface area contributed by atoms with Crippen LogP contribution >= 0.6 is 15.6 Å². The number of phosphoric acid groups is 2. The molecule has 2 unspecified atom stereocenters. The molecule has 0 spiro atoms. The number of hydrogen-bond acceptors (Lipinski definition) is 15. The predicted molar refractivity (Wildman–Crippen MR) is 423 cm³/mol. The molecule has 3 N–H and O–H groups in total. The summed E-state index contributed by atoms with van der Waals surface area (Å²) in [6.45, 7) is 7.37. The van der Waals surface area contributed by atoms with E-state index in [2.05, 4.69) is 34.6 Å². The summed E-state index contributed by atoms with van der Waals surface area (Å²) in [5.41, 5.74) is 0. The molecule has 0 aromatic carbocycles. The van der Waals surface area contributed by atoms with Gasteiger partial charge in [0.25, 0.3) is 0 Å². The van der Waals surface area contributed by atoms with Gasteiger partial charge in [0, 0.05) is 25.7 Å². The van der Waals surface area contributed by atoms with Crippen molar-refractivity contribution in [2.45, 2.75) is 470 Å². The number of phosphoric ester groups is 2. The van der Waals surface area contributed by atoms with Gasteiger partial charge in [-0.05, 0) is 31.6 Å². The van der Waals surface area contributed by atoms with Crippen molar-refractivity contribution in [3.63, 3.8) is 0 Å². The van der Waals surface area contributed by atoms with Gasteiger partial charge in [0.2, 0.25) is 0 Å². The molecule has 0 fully saturated rings. The van der Waals surface area contributed by atoms with E-state index in [1.165, 1.54) is 276 Å². The van der Waals surface area contributed by atoms with E-state index >= 15 is 0 Å². The standard InChI is InChI=1S/C84H164O17P2/c1-6-9-12-15-18-21-24-25-26-27-28-29-30-31-32-37-40-45-50-55-60-65-70-84(89)101-80(74-95-82(87)68-63-58-53-48-44-39-36-34-33-35-38-43-46-51-56-61-66-77(4)5)76-99-103(92,93)97-72-78(85)71-96-102(90,91)98-75-79(100-83(88)69-64-59-54-49-42-23-20-17-14-11-8-3)73-94-81(86)67-62-57-52-47-41-22-19-16-13-10-7-2/h77-80,85H,6-76H2,1-5H3,(H,90,91)(H,92,93)/t78-,79+,80+/m0/s1. The fourth-order valence-corrected chi connectivity index (χ4v) is 14.7. The summed E-state index contributed by atoms with van der Waals surface area (Å²) in [6, 6.07) is 0. The van der Waals surface area contributed by atoms with E-state index in [1.54, 1.807) is 0 Å². The van der Waals surface area contributed by atoms with E-state index in [9.17, 15) is 43.2 Å². The number of carbonyl (C=O) groups excluding carboxylic acids is 4. The van der Waals surface area contributed by atoms with Crippen molar-refractivity contribution in [3.8, 4) is 0 Å². The van der Waals surface area contributed by atoms with Crippen LogP contribution in [0.5, 0.6) is 0 Å². The SMILES string of the molecule is CCCCCCCCCCCCCCCCCCCCCCCCC(=O)O[C@H](COC(=O)CCCCCCCCCCCCCCCCCCC(C)C)COP(=O)(O)OC[C@@H](O)COP(=O)(O)OC[C@@H](COC(=O)CCCCCCCCCCCCC)OC(=O)CCCCCCCCCCCCC. The Hall–Kier alpha value is -1.94. The number of hydrogen-bond donors (Lipinski definition) is 3. The van der Waals surface area contributed by atoms with Crippen molar-refractivity contribution < 1.29 is 80.2 Å². The maximum absolute atomic E-state index is 13.1. The second kappa shape index (κ2) is 76.8. The van der Waals surface area contributed by atoms with Gasteiger partial charge in [-0.2, -0.15) is 0 Å². The van der Waals surface area contributed by atoms with Crippen LogP contribution in [0.4, 0.5) is 0 Å². The largest absolute Gasteiger partial charge is 0.472 e. The molecule has 0 aromatic heterocycles. The van der Waals surface area contributed by atoms with Crippen molar-refractivity contribution in [1.82, 2.24) is 0 Å². The summed E-state index contributed by atoms with van der Waals surface area (Å²) >= 11 is 0. The Morgan fingerprint density at radius 3 is 0.660 bits per heavy atom. The highest BCUT2D eigenvalue weighted by Crippen LogP contribution is 2.45. The molecular weight excluding hydrogens is 1340 g/mol. The van der Waals surface area contributed by atoms with Crippen LogP contribution in [0.15, 0.2) is 0 Å². The quantitative estimate of drug-likeness (QED) is 0.0222. The molecule has 0 saturated heterocycles. The van der Waals surface area contributed by atoms with Crippen LogP contribution < -0.4 is 0 Å². The fourth-order valence-electron chi connectivity index (χ4n) is 13.1. The summed E-state index contributed by atoms with van der Waals surface area (Å²) in [4.78, 5) is 73.1. The van der Waals surface area contributed by atoms with E-state index in [4.69, 9.17) is 37.0 Å². The molecule has 0 rings (SSSR count). The molecular formula is C84H164O17P2. The van der Waals surface area contributed by atoms with Gasteiger partial charge in [-0.3, -0.25) is 37.3 Å². The molecule has 0 heterocycles. The Balaban J connectivity index is 5.19. The molecule has 612 valence electrons. The van der Waals surface area contributed by atoms with Gasteiger partial charge in [-0.15, -0.1) is 0 Å². The lowest BCUT2D eigenvalue weighted by Gasteiger charge is -2.21. The number of ether oxygens (including phenoxy) is 4. The van der Waals surface area contributed by atoms with E-state index < -0.39 is 97.5 Å². The van der Waals surface area contributed by atoms with E-state index in [-0.39, 0.29) is 25.7 Å². The molecule has 0 aliphatic rings. The molecule has 0 radical (unpaired) electrons. The first-order chi connectivity index (χ1) is 50.0. The molecule has 0 aromatic rings. The first-order valence-electron chi connectivity index (χ1n) is 43.6. The Kier molecular flexibility index (Phi) is 75.4. The van der Waals surface area contributed by atoms with Gasteiger partial charge in [0.1, 0.15) is 19.3 Å². The smallest absolute Gasteiger partial charge is 0.462 e. The average Bonchev–Trinajstić information content (AvgIpc) is 0.932. The zero-order valence-corrected chi connectivity index (χ0v) is 69.3. The maximum Gasteiger partial charge on any atom is 0.472 e. The van der Waals surface area contributed by atoms with E-state index in [1.807, 2.05) is 0 Å². The molecule has 0 aliphatic carbocycles. The normalized spacial score (nSPS) is 13.8. The second-order valence-corrected chi connectivity index (χ2v) is 33.6. The van der Waals surface area contributed by atoms with Crippen molar-refractivity contribution in [1.29, 1.82) is 0 Å². The molecule has 0 bridgehead atoms. The van der Waals surface area contributed by atoms with E-state index in [0.717, 1.165) is 95.8 Å². The molecule has 0 amide bonds. The highest BCUT2D eigenvalue weighted by Gasteiger charge is 2.30. The van der Waals surface area contributed by atoms with Crippen LogP contribution in [-0.4, -0.2) is 96.7 Å². The average molecular weight is 1510 g/mol. The highest BCUT2D eigenvalue weighted by molar-refractivity contribution is 7.47. The molecule has 0 aliphatic heterocycles. The lowest BCUT2D eigenvalue weighted by atomic mass is 10.0. The third-order valence-electron chi connectivity index (χ3n) is 19.8. The van der Waals surface area contributed by atoms with Gasteiger partial charge in [-0.25, -0.2) is 9.13 Å². The number of rotatable bonds is 84. The van der Waals surface area contributed by atoms with Crippen LogP contribution in [0, 0.1) is 5.92 Å². The first kappa shape index (κ1) is 101. The minimum absolute atomic E-state index is 0.108. The van der Waals surface area contributed by atoms with Crippen molar-refractivity contribution in [2.24, 2.45) is 5.92 Å². The summed E-state index contributed by atoms with van der Waals surface area (Å²) in [5, 5.41) is 10.7. The molecule has 103 heavy (non-hydrogen) atoms. The number of carbonyl (C=O) groups is 4. The van der Waals surface area contributed by atoms with Gasteiger partial charge in [0.15, 0.2) is 12.2 Å². The summed E-state index contributed by atoms with van der Waals surface area (Å²) < 4.78 is 68.8. The second-order valence-electron chi connectivity index (χ2n) is 30.7. The molecule has 5 atom stereocenters. The summed E-state index contributed by atoms with van der Waals surface area (Å²) in [7, 11) is -9.92. The third kappa shape index (κ3) is 78.0. The predicted octanol–water partition coefficient (Wildman–Crippen LogP) is 25.6. The number of unbranched alkanes of at least 4 members (excludes halogenated alkanes) is 56. The number of aliphatic hydroxyl groups excluding tert-OH is 1. The Morgan fingerprint density at radius 2 is 0.447 bits per heavy atom. The van der Waals surface area contributed by atoms with E-state index in [0.29, 0.717) is 25.7 Å². The number of esters is 4. The highest BCUT2D eigenvalue weighted by atomic mass is 31.2. The lowest BCUT2D eigenvalue weighted by Crippen LogP contribution is -2.30. The van der Waals surface area contributed by atoms with Crippen molar-refractivity contribution >= 4 is 39.5 Å². The Labute approximate surface area is 632 Å². The topological polar surface area (TPSA) is 237 Å². The minimum Gasteiger partial charge on any atom is -0.462 e. The summed E-state index contributed by atoms with van der Waals surface area (Å²) in [5.74, 6) is -1.29. The molecule has 0 saturated carbocycles. The number of aliphatic hydroxyl groups is 1. The van der Waals surface area contributed by atoms with Crippen LogP contribution in [0.25, 0.3) is 0 Å². The van der Waals surface area contributed by atoms with Gasteiger partial charge >= 0.3 is 39.5 Å². The van der Waals surface area contributed by atoms with Crippen LogP contribution in [0.1, 0.15) is 452 Å². The van der Waals surface area contributed by atoms with Crippen molar-refractivity contribution in [3.05, 3.63) is 0 Å². The minimum atomic E-state index is -4.96. The molecule has 19 heteroatoms. The summed E-state index contributed by atoms with van der Waals surface area (Å²) in [6.07, 6.45) is 69.5. The van der Waals surface area contributed by atoms with Crippen LogP contribution in [-0.2, 0) is 65.4 Å². The zero-order valence-electron chi connectivity index (χ0n) is 67.5. The van der Waals surface area contributed by atoms with Crippen LogP contribution in [0.3, 0.4) is 0 Å². The zero-order chi connectivity index (χ0) is 75.5. The maximum atomic E-state index is 13.1. The molecule has 17 nitrogen and oxygen atoms in total. The monoisotopic (exact) mass is 1510 g/mol. The fraction of sp³-hybridized carbons (Fsp3) is 0.952. The Bertz CT molecular complexity index is 1960. The first-order valence-corrected chi connectivity index (χ1v) is 46.6.